The van der Waals surface area contributed by atoms with E-state index < -0.39 is 10.9 Å². The van der Waals surface area contributed by atoms with Crippen molar-refractivity contribution in [3.8, 4) is 0 Å². The minimum absolute atomic E-state index is 1.00. The van der Waals surface area contributed by atoms with Crippen molar-refractivity contribution >= 4 is 30.4 Å². The van der Waals surface area contributed by atoms with Crippen LogP contribution in [0.5, 0.6) is 0 Å². The van der Waals surface area contributed by atoms with Crippen LogP contribution < -0.4 is 0 Å². The third-order valence-corrected chi connectivity index (χ3v) is 0.827. The Bertz CT molecular complexity index is 47.4. The van der Waals surface area contributed by atoms with Gasteiger partial charge in [-0.15, -0.1) is 0 Å². The van der Waals surface area contributed by atoms with Gasteiger partial charge in [0.25, 0.3) is 0 Å². The molecule has 0 saturated carbocycles. The van der Waals surface area contributed by atoms with Gasteiger partial charge in [0.15, 0.2) is 0 Å². The Balaban J connectivity index is 0.000000148. The summed E-state index contributed by atoms with van der Waals surface area (Å²) in [6, 6.07) is 0. The van der Waals surface area contributed by atoms with Crippen molar-refractivity contribution in [2.75, 3.05) is 13.2 Å². The van der Waals surface area contributed by atoms with E-state index in [-0.39, 0.29) is 0 Å². The summed E-state index contributed by atoms with van der Waals surface area (Å²) < 4.78 is 4.94. The molecule has 1 aliphatic rings. The molecule has 0 radical (unpaired) electrons. The Morgan fingerprint density at radius 3 is 1.44 bits per heavy atom. The van der Waals surface area contributed by atoms with Gasteiger partial charge >= 0.3 is 41.4 Å². The first kappa shape index (κ1) is 10.3. The van der Waals surface area contributed by atoms with Crippen LogP contribution in [0, 0.1) is 0 Å². The molecule has 0 atom stereocenters. The van der Waals surface area contributed by atoms with Crippen LogP contribution >= 0.6 is 30.4 Å². The fourth-order valence-electron chi connectivity index (χ4n) is 0.510. The number of halogens is 3. The number of rotatable bonds is 0. The third kappa shape index (κ3) is 12.5. The second-order valence-electron chi connectivity index (χ2n) is 1.46. The van der Waals surface area contributed by atoms with Crippen molar-refractivity contribution in [1.82, 2.24) is 0 Å². The van der Waals surface area contributed by atoms with E-state index in [2.05, 4.69) is 0 Å². The van der Waals surface area contributed by atoms with Gasteiger partial charge in [-0.1, -0.05) is 0 Å². The normalized spacial score (nSPS) is 18.3. The van der Waals surface area contributed by atoms with Gasteiger partial charge in [-0.25, -0.2) is 0 Å². The van der Waals surface area contributed by atoms with Crippen LogP contribution in [0.25, 0.3) is 0 Å². The summed E-state index contributed by atoms with van der Waals surface area (Å²) in [5, 5.41) is 0. The van der Waals surface area contributed by atoms with Crippen LogP contribution in [-0.4, -0.2) is 13.2 Å². The van der Waals surface area contributed by atoms with Gasteiger partial charge in [-0.05, 0) is 12.8 Å². The van der Waals surface area contributed by atoms with E-state index in [1.165, 1.54) is 12.8 Å². The van der Waals surface area contributed by atoms with Gasteiger partial charge in [-0.2, -0.15) is 0 Å². The average molecular weight is 237 g/mol. The van der Waals surface area contributed by atoms with Crippen LogP contribution in [-0.2, 0) is 15.7 Å². The molecule has 1 aliphatic heterocycles. The zero-order valence-electron chi connectivity index (χ0n) is 4.70. The first-order valence-electron chi connectivity index (χ1n) is 2.46. The van der Waals surface area contributed by atoms with Crippen LogP contribution in [0.4, 0.5) is 0 Å². The Morgan fingerprint density at radius 2 is 1.33 bits per heavy atom. The molecule has 60 valence electrons. The summed E-state index contributed by atoms with van der Waals surface area (Å²) in [6.45, 7) is 2.00. The van der Waals surface area contributed by atoms with E-state index in [0.29, 0.717) is 0 Å². The maximum absolute atomic E-state index is 4.94. The zero-order valence-corrected chi connectivity index (χ0v) is 8.01. The second-order valence-corrected chi connectivity index (χ2v) is 6.62. The topological polar surface area (TPSA) is 9.23 Å². The van der Waals surface area contributed by atoms with Gasteiger partial charge in [0.2, 0.25) is 0 Å². The van der Waals surface area contributed by atoms with Crippen molar-refractivity contribution in [2.45, 2.75) is 12.8 Å². The molecule has 0 aromatic heterocycles. The number of hydrogen-bond donors (Lipinski definition) is 0. The van der Waals surface area contributed by atoms with Gasteiger partial charge in [-0.3, -0.25) is 0 Å². The molecule has 1 heterocycles. The Kier molecular flexibility index (Phi) is 8.55. The molecule has 0 bridgehead atoms. The molecule has 1 saturated heterocycles. The summed E-state index contributed by atoms with van der Waals surface area (Å²) in [5.74, 6) is 0. The predicted molar refractivity (Wildman–Crippen MR) is 37.6 cm³/mol. The number of ether oxygens (including phenoxy) is 1. The fraction of sp³-hybridized carbons (Fsp3) is 1.00. The van der Waals surface area contributed by atoms with Gasteiger partial charge in [0, 0.05) is 13.2 Å². The van der Waals surface area contributed by atoms with Crippen molar-refractivity contribution < 1.29 is 15.7 Å². The van der Waals surface area contributed by atoms with E-state index in [9.17, 15) is 0 Å². The maximum atomic E-state index is 4.94. The van der Waals surface area contributed by atoms with Crippen molar-refractivity contribution in [3.63, 3.8) is 0 Å². The summed E-state index contributed by atoms with van der Waals surface area (Å²) >= 11 is 0. The standard InChI is InChI=1S/C4H8O.3ClH.Co/c1-2-4-5-3-1;;;;/h1-4H2;3*1H;/q;;;;+3/p-3. The van der Waals surface area contributed by atoms with Crippen LogP contribution in [0.3, 0.4) is 0 Å². The molecular formula is C4H8Cl3CoO. The average Bonchev–Trinajstić information content (AvgIpc) is 2.11. The van der Waals surface area contributed by atoms with Crippen LogP contribution in [0.1, 0.15) is 12.8 Å². The van der Waals surface area contributed by atoms with Crippen molar-refractivity contribution in [3.05, 3.63) is 0 Å². The van der Waals surface area contributed by atoms with Crippen LogP contribution in [0.15, 0.2) is 0 Å². The summed E-state index contributed by atoms with van der Waals surface area (Å²) in [6.07, 6.45) is 2.56. The van der Waals surface area contributed by atoms with E-state index in [4.69, 9.17) is 35.2 Å². The zero-order chi connectivity index (χ0) is 7.11. The van der Waals surface area contributed by atoms with E-state index >= 15 is 0 Å². The minimum atomic E-state index is -1.19. The Labute approximate surface area is 72.1 Å². The van der Waals surface area contributed by atoms with Gasteiger partial charge in [0.1, 0.15) is 0 Å². The second kappa shape index (κ2) is 7.44. The first-order chi connectivity index (χ1) is 4.23. The quantitative estimate of drug-likeness (QED) is 0.629. The van der Waals surface area contributed by atoms with Crippen molar-refractivity contribution in [2.24, 2.45) is 0 Å². The molecule has 0 N–H and O–H groups in total. The Morgan fingerprint density at radius 1 is 1.00 bits per heavy atom. The van der Waals surface area contributed by atoms with E-state index in [1.54, 1.807) is 0 Å². The molecule has 0 unspecified atom stereocenters. The van der Waals surface area contributed by atoms with Crippen LogP contribution in [0.2, 0.25) is 0 Å². The summed E-state index contributed by atoms with van der Waals surface area (Å²) in [4.78, 5) is 0. The third-order valence-electron chi connectivity index (χ3n) is 0.827. The molecule has 0 spiro atoms. The van der Waals surface area contributed by atoms with E-state index in [1.807, 2.05) is 0 Å². The predicted octanol–water partition coefficient (Wildman–Crippen LogP) is 2.86. The van der Waals surface area contributed by atoms with E-state index in [0.717, 1.165) is 13.2 Å². The molecule has 1 nitrogen and oxygen atoms in total. The van der Waals surface area contributed by atoms with Crippen molar-refractivity contribution in [1.29, 1.82) is 0 Å². The molecule has 5 heteroatoms. The SMILES string of the molecule is C1CCOC1.[Cl][Co]([Cl])[Cl]. The molecule has 0 aromatic rings. The molecule has 1 rings (SSSR count). The Hall–Kier alpha value is 1.34. The summed E-state index contributed by atoms with van der Waals surface area (Å²) in [5.41, 5.74) is 0. The fourth-order valence-corrected chi connectivity index (χ4v) is 0.510. The summed E-state index contributed by atoms with van der Waals surface area (Å²) in [7, 11) is 13.4. The first-order valence-corrected chi connectivity index (χ1v) is 6.75. The number of hydrogen-bond acceptors (Lipinski definition) is 1. The molecule has 0 aromatic carbocycles. The molecule has 9 heavy (non-hydrogen) atoms. The molecular weight excluding hydrogens is 229 g/mol. The molecule has 1 fully saturated rings. The monoisotopic (exact) mass is 236 g/mol. The van der Waals surface area contributed by atoms with Gasteiger partial charge in [0.05, 0.1) is 0 Å². The molecule has 0 amide bonds. The van der Waals surface area contributed by atoms with Gasteiger partial charge < -0.3 is 4.74 Å². The molecule has 0 aliphatic carbocycles.